The Balaban J connectivity index is 1.71. The number of fused-ring (bicyclic) bond motifs is 1. The Kier molecular flexibility index (Phi) is 7.57. The number of amides is 2. The number of carbonyl (C=O) groups is 3. The molecular formula is C22H31N3O7S. The van der Waals surface area contributed by atoms with E-state index in [1.807, 2.05) is 0 Å². The fourth-order valence-electron chi connectivity index (χ4n) is 3.73. The van der Waals surface area contributed by atoms with Crippen LogP contribution in [0.4, 0.5) is 0 Å². The minimum absolute atomic E-state index is 0.0734. The van der Waals surface area contributed by atoms with Gasteiger partial charge in [0, 0.05) is 32.7 Å². The first-order chi connectivity index (χ1) is 15.3. The van der Waals surface area contributed by atoms with Gasteiger partial charge in [-0.2, -0.15) is 4.31 Å². The normalized spacial score (nSPS) is 17.5. The molecule has 2 heterocycles. The Labute approximate surface area is 194 Å². The summed E-state index contributed by atoms with van der Waals surface area (Å²) in [5, 5.41) is 0. The summed E-state index contributed by atoms with van der Waals surface area (Å²) in [6.45, 7) is 8.32. The highest BCUT2D eigenvalue weighted by Crippen LogP contribution is 2.25. The molecule has 0 bridgehead atoms. The highest BCUT2D eigenvalue weighted by molar-refractivity contribution is 7.88. The van der Waals surface area contributed by atoms with Crippen LogP contribution in [0, 0.1) is 0 Å². The second-order valence-corrected chi connectivity index (χ2v) is 11.2. The maximum atomic E-state index is 12.8. The SMILES string of the molecule is CC(C)(C)OC(=O)CN1C(=O)c2ccc(CN(CCN3CCOCC3)S(C)(=O)=O)cc2C1=O. The van der Waals surface area contributed by atoms with Crippen LogP contribution in [0.2, 0.25) is 0 Å². The predicted octanol–water partition coefficient (Wildman–Crippen LogP) is 0.718. The molecule has 1 aromatic rings. The van der Waals surface area contributed by atoms with Crippen molar-refractivity contribution in [3.05, 3.63) is 34.9 Å². The third kappa shape index (κ3) is 6.59. The Morgan fingerprint density at radius 3 is 2.36 bits per heavy atom. The molecule has 182 valence electrons. The van der Waals surface area contributed by atoms with Gasteiger partial charge >= 0.3 is 5.97 Å². The molecule has 0 unspecified atom stereocenters. The fourth-order valence-corrected chi connectivity index (χ4v) is 4.52. The van der Waals surface area contributed by atoms with Crippen molar-refractivity contribution in [3.8, 4) is 0 Å². The van der Waals surface area contributed by atoms with Gasteiger partial charge in [0.2, 0.25) is 10.0 Å². The van der Waals surface area contributed by atoms with E-state index in [0.29, 0.717) is 31.9 Å². The molecule has 11 heteroatoms. The van der Waals surface area contributed by atoms with Crippen LogP contribution in [-0.4, -0.2) is 98.1 Å². The van der Waals surface area contributed by atoms with Gasteiger partial charge in [-0.3, -0.25) is 24.2 Å². The number of morpholine rings is 1. The summed E-state index contributed by atoms with van der Waals surface area (Å²) in [6.07, 6.45) is 1.15. The number of esters is 1. The summed E-state index contributed by atoms with van der Waals surface area (Å²) in [6, 6.07) is 4.66. The number of ether oxygens (including phenoxy) is 2. The number of sulfonamides is 1. The molecule has 0 spiro atoms. The van der Waals surface area contributed by atoms with E-state index in [-0.39, 0.29) is 17.7 Å². The standard InChI is InChI=1S/C22H31N3O7S/c1-22(2,3)32-19(26)15-25-20(27)17-6-5-16(13-18(17)21(25)28)14-24(33(4,29)30)8-7-23-9-11-31-12-10-23/h5-6,13H,7-12,14-15H2,1-4H3. The molecule has 2 aliphatic rings. The van der Waals surface area contributed by atoms with Gasteiger partial charge in [-0.1, -0.05) is 6.07 Å². The lowest BCUT2D eigenvalue weighted by atomic mass is 10.1. The van der Waals surface area contributed by atoms with E-state index in [1.165, 1.54) is 16.4 Å². The van der Waals surface area contributed by atoms with Crippen molar-refractivity contribution in [3.63, 3.8) is 0 Å². The summed E-state index contributed by atoms with van der Waals surface area (Å²) in [5.41, 5.74) is 0.190. The maximum Gasteiger partial charge on any atom is 0.326 e. The number of benzene rings is 1. The molecule has 1 fully saturated rings. The highest BCUT2D eigenvalue weighted by Gasteiger charge is 2.38. The summed E-state index contributed by atoms with van der Waals surface area (Å²) in [7, 11) is -3.49. The lowest BCUT2D eigenvalue weighted by molar-refractivity contribution is -0.155. The first-order valence-corrected chi connectivity index (χ1v) is 12.7. The molecule has 3 rings (SSSR count). The monoisotopic (exact) mass is 481 g/mol. The van der Waals surface area contributed by atoms with Crippen molar-refractivity contribution in [2.45, 2.75) is 32.9 Å². The summed E-state index contributed by atoms with van der Waals surface area (Å²) < 4.78 is 36.6. The van der Waals surface area contributed by atoms with E-state index < -0.39 is 40.0 Å². The van der Waals surface area contributed by atoms with Crippen molar-refractivity contribution in [2.75, 3.05) is 52.2 Å². The zero-order valence-corrected chi connectivity index (χ0v) is 20.3. The molecule has 0 N–H and O–H groups in total. The average Bonchev–Trinajstić information content (AvgIpc) is 2.94. The van der Waals surface area contributed by atoms with Crippen molar-refractivity contribution in [1.82, 2.24) is 14.1 Å². The number of hydrogen-bond acceptors (Lipinski definition) is 8. The van der Waals surface area contributed by atoms with Crippen molar-refractivity contribution in [1.29, 1.82) is 0 Å². The molecule has 10 nitrogen and oxygen atoms in total. The van der Waals surface area contributed by atoms with Crippen LogP contribution in [0.15, 0.2) is 18.2 Å². The van der Waals surface area contributed by atoms with Gasteiger partial charge in [0.05, 0.1) is 30.6 Å². The summed E-state index contributed by atoms with van der Waals surface area (Å²) in [4.78, 5) is 40.6. The van der Waals surface area contributed by atoms with E-state index >= 15 is 0 Å². The molecule has 0 aromatic heterocycles. The molecule has 2 aliphatic heterocycles. The quantitative estimate of drug-likeness (QED) is 0.394. The number of nitrogens with zero attached hydrogens (tertiary/aromatic N) is 3. The van der Waals surface area contributed by atoms with Gasteiger partial charge < -0.3 is 9.47 Å². The first kappa shape index (κ1) is 25.3. The van der Waals surface area contributed by atoms with Crippen molar-refractivity contribution < 1.29 is 32.3 Å². The number of imide groups is 1. The van der Waals surface area contributed by atoms with Crippen LogP contribution < -0.4 is 0 Å². The fraction of sp³-hybridized carbons (Fsp3) is 0.591. The maximum absolute atomic E-state index is 12.8. The van der Waals surface area contributed by atoms with E-state index in [0.717, 1.165) is 24.2 Å². The number of carbonyl (C=O) groups excluding carboxylic acids is 3. The molecule has 0 aliphatic carbocycles. The van der Waals surface area contributed by atoms with Gasteiger partial charge in [0.1, 0.15) is 12.1 Å². The Bertz CT molecular complexity index is 1030. The zero-order valence-electron chi connectivity index (χ0n) is 19.5. The van der Waals surface area contributed by atoms with E-state index in [4.69, 9.17) is 9.47 Å². The van der Waals surface area contributed by atoms with Crippen molar-refractivity contribution in [2.24, 2.45) is 0 Å². The molecule has 0 saturated carbocycles. The van der Waals surface area contributed by atoms with Gasteiger partial charge in [-0.25, -0.2) is 8.42 Å². The van der Waals surface area contributed by atoms with E-state index in [9.17, 15) is 22.8 Å². The largest absolute Gasteiger partial charge is 0.459 e. The van der Waals surface area contributed by atoms with Crippen LogP contribution in [0.3, 0.4) is 0 Å². The predicted molar refractivity (Wildman–Crippen MR) is 120 cm³/mol. The van der Waals surface area contributed by atoms with Gasteiger partial charge in [-0.15, -0.1) is 0 Å². The first-order valence-electron chi connectivity index (χ1n) is 10.8. The minimum Gasteiger partial charge on any atom is -0.459 e. The number of rotatable bonds is 8. The highest BCUT2D eigenvalue weighted by atomic mass is 32.2. The average molecular weight is 482 g/mol. The topological polar surface area (TPSA) is 114 Å². The van der Waals surface area contributed by atoms with Crippen LogP contribution in [0.1, 0.15) is 47.1 Å². The van der Waals surface area contributed by atoms with Gasteiger partial charge in [-0.05, 0) is 38.5 Å². The molecule has 0 atom stereocenters. The zero-order chi connectivity index (χ0) is 24.4. The van der Waals surface area contributed by atoms with Crippen molar-refractivity contribution >= 4 is 27.8 Å². The Morgan fingerprint density at radius 2 is 1.76 bits per heavy atom. The minimum atomic E-state index is -3.49. The third-order valence-corrected chi connectivity index (χ3v) is 6.59. The van der Waals surface area contributed by atoms with Gasteiger partial charge in [0.15, 0.2) is 0 Å². The molecular weight excluding hydrogens is 450 g/mol. The van der Waals surface area contributed by atoms with Gasteiger partial charge in [0.25, 0.3) is 11.8 Å². The second kappa shape index (κ2) is 9.88. The summed E-state index contributed by atoms with van der Waals surface area (Å²) >= 11 is 0. The smallest absolute Gasteiger partial charge is 0.326 e. The Hall–Kier alpha value is -2.34. The lowest BCUT2D eigenvalue weighted by Gasteiger charge is -2.29. The molecule has 2 amide bonds. The van der Waals surface area contributed by atoms with E-state index in [2.05, 4.69) is 4.90 Å². The summed E-state index contributed by atoms with van der Waals surface area (Å²) in [5.74, 6) is -1.84. The Morgan fingerprint density at radius 1 is 1.12 bits per heavy atom. The second-order valence-electron chi connectivity index (χ2n) is 9.21. The molecule has 1 saturated heterocycles. The lowest BCUT2D eigenvalue weighted by Crippen LogP contribution is -2.42. The van der Waals surface area contributed by atoms with Crippen LogP contribution in [-0.2, 0) is 30.8 Å². The van der Waals surface area contributed by atoms with Crippen LogP contribution >= 0.6 is 0 Å². The third-order valence-electron chi connectivity index (χ3n) is 5.34. The molecule has 0 radical (unpaired) electrons. The number of hydrogen-bond donors (Lipinski definition) is 0. The molecule has 33 heavy (non-hydrogen) atoms. The van der Waals surface area contributed by atoms with Crippen LogP contribution in [0.25, 0.3) is 0 Å². The molecule has 1 aromatic carbocycles. The van der Waals surface area contributed by atoms with Crippen LogP contribution in [0.5, 0.6) is 0 Å². The van der Waals surface area contributed by atoms with E-state index in [1.54, 1.807) is 26.8 Å².